The van der Waals surface area contributed by atoms with E-state index in [9.17, 15) is 4.57 Å². The fraction of sp³-hybridized carbons (Fsp3) is 0.0455. The first-order chi connectivity index (χ1) is 15.5. The molecule has 0 fully saturated rings. The lowest BCUT2D eigenvalue weighted by Gasteiger charge is -2.11. The Kier molecular flexibility index (Phi) is 5.07. The van der Waals surface area contributed by atoms with E-state index >= 15 is 0 Å². The lowest BCUT2D eigenvalue weighted by Crippen LogP contribution is -1.98. The second-order valence-corrected chi connectivity index (χ2v) is 8.71. The molecule has 0 saturated carbocycles. The summed E-state index contributed by atoms with van der Waals surface area (Å²) in [6.45, 7) is 0. The van der Waals surface area contributed by atoms with Crippen molar-refractivity contribution in [1.82, 2.24) is 19.6 Å². The smallest absolute Gasteiger partial charge is 0.362 e. The van der Waals surface area contributed by atoms with E-state index in [1.54, 1.807) is 29.0 Å². The Bertz CT molecular complexity index is 1470. The average molecular weight is 447 g/mol. The number of hydrogen-bond donors (Lipinski definition) is 3. The van der Waals surface area contributed by atoms with Crippen LogP contribution in [0.5, 0.6) is 5.75 Å². The molecule has 5 rings (SSSR count). The standard InChI is InChI=1S/C22H18N5O4P/c28-32(29,30)14-31-20-7-1-4-15-8-9-16(12-19(15)20)18-6-3-11-27-21(18)25-22(26-27)24-17-5-2-10-23-13-17/h1-13H,14H2,(H,24,26)(H2,28,29,30). The molecule has 3 N–H and O–H groups in total. The van der Waals surface area contributed by atoms with Gasteiger partial charge in [-0.25, -0.2) is 4.52 Å². The van der Waals surface area contributed by atoms with Gasteiger partial charge in [-0.3, -0.25) is 9.55 Å². The van der Waals surface area contributed by atoms with Crippen molar-refractivity contribution in [1.29, 1.82) is 0 Å². The quantitative estimate of drug-likeness (QED) is 0.331. The molecule has 0 aliphatic heterocycles. The third kappa shape index (κ3) is 4.17. The van der Waals surface area contributed by atoms with E-state index in [-0.39, 0.29) is 0 Å². The third-order valence-corrected chi connectivity index (χ3v) is 5.29. The first-order valence-corrected chi connectivity index (χ1v) is 11.5. The SMILES string of the molecule is O=P(O)(O)COc1cccc2ccc(-c3cccn4nc(Nc5cccnc5)nc34)cc12. The van der Waals surface area contributed by atoms with Gasteiger partial charge >= 0.3 is 7.60 Å². The Morgan fingerprint density at radius 1 is 1.06 bits per heavy atom. The number of pyridine rings is 2. The Labute approximate surface area is 182 Å². The highest BCUT2D eigenvalue weighted by Crippen LogP contribution is 2.37. The van der Waals surface area contributed by atoms with Crippen LogP contribution in [0.4, 0.5) is 11.6 Å². The Morgan fingerprint density at radius 3 is 2.78 bits per heavy atom. The molecular formula is C22H18N5O4P. The van der Waals surface area contributed by atoms with Gasteiger partial charge in [-0.2, -0.15) is 4.98 Å². The summed E-state index contributed by atoms with van der Waals surface area (Å²) < 4.78 is 18.4. The molecule has 0 aliphatic carbocycles. The van der Waals surface area contributed by atoms with Gasteiger partial charge in [-0.05, 0) is 47.3 Å². The van der Waals surface area contributed by atoms with Crippen LogP contribution in [0, 0.1) is 0 Å². The molecule has 0 saturated heterocycles. The van der Waals surface area contributed by atoms with Crippen molar-refractivity contribution in [2.75, 3.05) is 11.7 Å². The van der Waals surface area contributed by atoms with E-state index in [0.717, 1.165) is 27.6 Å². The summed E-state index contributed by atoms with van der Waals surface area (Å²) in [5, 5.41) is 9.27. The van der Waals surface area contributed by atoms with Gasteiger partial charge in [0.25, 0.3) is 0 Å². The molecule has 10 heteroatoms. The Hall–Kier alpha value is -3.78. The van der Waals surface area contributed by atoms with Crippen molar-refractivity contribution in [3.63, 3.8) is 0 Å². The van der Waals surface area contributed by atoms with Crippen molar-refractivity contribution < 1.29 is 19.1 Å². The van der Waals surface area contributed by atoms with Crippen LogP contribution in [0.2, 0.25) is 0 Å². The number of rotatable bonds is 6. The van der Waals surface area contributed by atoms with E-state index in [4.69, 9.17) is 14.5 Å². The van der Waals surface area contributed by atoms with Crippen molar-refractivity contribution in [3.05, 3.63) is 79.3 Å². The van der Waals surface area contributed by atoms with Crippen molar-refractivity contribution in [3.8, 4) is 16.9 Å². The van der Waals surface area contributed by atoms with Gasteiger partial charge < -0.3 is 19.8 Å². The first-order valence-electron chi connectivity index (χ1n) is 9.69. The highest BCUT2D eigenvalue weighted by Gasteiger charge is 2.16. The molecule has 5 aromatic rings. The summed E-state index contributed by atoms with van der Waals surface area (Å²) in [5.41, 5.74) is 3.16. The van der Waals surface area contributed by atoms with E-state index in [1.165, 1.54) is 0 Å². The zero-order valence-corrected chi connectivity index (χ0v) is 17.6. The largest absolute Gasteiger partial charge is 0.480 e. The van der Waals surface area contributed by atoms with E-state index in [1.807, 2.05) is 54.7 Å². The minimum absolute atomic E-state index is 0.403. The number of aromatic nitrogens is 4. The summed E-state index contributed by atoms with van der Waals surface area (Å²) in [5.74, 6) is 0.844. The molecular weight excluding hydrogens is 429 g/mol. The Morgan fingerprint density at radius 2 is 1.97 bits per heavy atom. The number of ether oxygens (including phenoxy) is 1. The zero-order chi connectivity index (χ0) is 22.1. The molecule has 160 valence electrons. The van der Waals surface area contributed by atoms with Crippen LogP contribution in [0.25, 0.3) is 27.5 Å². The van der Waals surface area contributed by atoms with Crippen LogP contribution in [-0.4, -0.2) is 35.7 Å². The fourth-order valence-electron chi connectivity index (χ4n) is 3.44. The summed E-state index contributed by atoms with van der Waals surface area (Å²) in [6, 6.07) is 18.7. The second-order valence-electron chi connectivity index (χ2n) is 7.12. The number of benzene rings is 2. The lowest BCUT2D eigenvalue weighted by molar-refractivity contribution is 0.302. The first kappa shape index (κ1) is 20.1. The van der Waals surface area contributed by atoms with Gasteiger partial charge in [-0.1, -0.05) is 24.3 Å². The number of nitrogens with one attached hydrogen (secondary N) is 1. The van der Waals surface area contributed by atoms with Crippen LogP contribution in [-0.2, 0) is 4.57 Å². The summed E-state index contributed by atoms with van der Waals surface area (Å²) in [4.78, 5) is 27.1. The molecule has 0 radical (unpaired) electrons. The van der Waals surface area contributed by atoms with Crippen molar-refractivity contribution >= 4 is 35.7 Å². The van der Waals surface area contributed by atoms with Gasteiger partial charge in [-0.15, -0.1) is 5.10 Å². The highest BCUT2D eigenvalue weighted by atomic mass is 31.2. The maximum Gasteiger partial charge on any atom is 0.362 e. The van der Waals surface area contributed by atoms with Gasteiger partial charge in [0.05, 0.1) is 11.9 Å². The predicted molar refractivity (Wildman–Crippen MR) is 121 cm³/mol. The Balaban J connectivity index is 1.55. The van der Waals surface area contributed by atoms with Gasteiger partial charge in [0.1, 0.15) is 5.75 Å². The molecule has 0 bridgehead atoms. The summed E-state index contributed by atoms with van der Waals surface area (Å²) in [7, 11) is -4.29. The van der Waals surface area contributed by atoms with E-state index in [0.29, 0.717) is 17.3 Å². The molecule has 3 heterocycles. The van der Waals surface area contributed by atoms with E-state index < -0.39 is 13.9 Å². The van der Waals surface area contributed by atoms with Crippen molar-refractivity contribution in [2.24, 2.45) is 0 Å². The molecule has 0 unspecified atom stereocenters. The van der Waals surface area contributed by atoms with Crippen LogP contribution < -0.4 is 10.1 Å². The molecule has 2 aromatic carbocycles. The number of hydrogen-bond acceptors (Lipinski definition) is 6. The summed E-state index contributed by atoms with van der Waals surface area (Å²) >= 11 is 0. The second kappa shape index (κ2) is 8.05. The van der Waals surface area contributed by atoms with Crippen LogP contribution in [0.1, 0.15) is 0 Å². The maximum absolute atomic E-state index is 11.3. The average Bonchev–Trinajstić information content (AvgIpc) is 3.20. The fourth-order valence-corrected chi connectivity index (χ4v) is 3.75. The molecule has 9 nitrogen and oxygen atoms in total. The van der Waals surface area contributed by atoms with Gasteiger partial charge in [0.2, 0.25) is 5.95 Å². The minimum Gasteiger partial charge on any atom is -0.480 e. The molecule has 0 aliphatic rings. The zero-order valence-electron chi connectivity index (χ0n) is 16.7. The van der Waals surface area contributed by atoms with Crippen LogP contribution >= 0.6 is 7.60 Å². The number of nitrogens with zero attached hydrogens (tertiary/aromatic N) is 4. The van der Waals surface area contributed by atoms with Crippen molar-refractivity contribution in [2.45, 2.75) is 0 Å². The topological polar surface area (TPSA) is 122 Å². The normalized spacial score (nSPS) is 11.7. The maximum atomic E-state index is 11.3. The molecule has 0 spiro atoms. The summed E-state index contributed by atoms with van der Waals surface area (Å²) in [6.07, 6.45) is 4.52. The van der Waals surface area contributed by atoms with Crippen LogP contribution in [0.3, 0.4) is 0 Å². The van der Waals surface area contributed by atoms with Crippen LogP contribution in [0.15, 0.2) is 79.3 Å². The lowest BCUT2D eigenvalue weighted by atomic mass is 10.0. The monoisotopic (exact) mass is 447 g/mol. The third-order valence-electron chi connectivity index (χ3n) is 4.82. The number of anilines is 2. The highest BCUT2D eigenvalue weighted by molar-refractivity contribution is 7.51. The molecule has 0 amide bonds. The number of fused-ring (bicyclic) bond motifs is 2. The van der Waals surface area contributed by atoms with Gasteiger partial charge in [0.15, 0.2) is 12.0 Å². The van der Waals surface area contributed by atoms with Gasteiger partial charge in [0, 0.05) is 23.3 Å². The van der Waals surface area contributed by atoms with E-state index in [2.05, 4.69) is 20.4 Å². The molecule has 0 atom stereocenters. The molecule has 32 heavy (non-hydrogen) atoms. The molecule has 3 aromatic heterocycles. The minimum atomic E-state index is -4.29. The predicted octanol–water partition coefficient (Wildman–Crippen LogP) is 4.20.